The van der Waals surface area contributed by atoms with Gasteiger partial charge < -0.3 is 10.1 Å². The summed E-state index contributed by atoms with van der Waals surface area (Å²) in [5.74, 6) is 0. The minimum absolute atomic E-state index is 0.222. The molecule has 0 aromatic heterocycles. The third-order valence-corrected chi connectivity index (χ3v) is 0.577. The number of carbonyl (C=O) groups is 1. The summed E-state index contributed by atoms with van der Waals surface area (Å²) in [4.78, 5) is 13.1. The Morgan fingerprint density at radius 3 is 2.62 bits per heavy atom. The van der Waals surface area contributed by atoms with Crippen LogP contribution < -0.4 is 5.32 Å². The van der Waals surface area contributed by atoms with Crippen molar-refractivity contribution in [3.05, 3.63) is 0 Å². The molecule has 0 amide bonds. The summed E-state index contributed by atoms with van der Waals surface area (Å²) in [6.07, 6.45) is 0. The van der Waals surface area contributed by atoms with E-state index in [1.54, 1.807) is 7.05 Å². The summed E-state index contributed by atoms with van der Waals surface area (Å²) in [6, 6.07) is 0.222. The third kappa shape index (κ3) is 2.17. The highest BCUT2D eigenvalue weighted by molar-refractivity contribution is 5.79. The molecule has 0 heterocycles. The van der Waals surface area contributed by atoms with E-state index in [4.69, 9.17) is 0 Å². The lowest BCUT2D eigenvalue weighted by Gasteiger charge is -1.96. The predicted octanol–water partition coefficient (Wildman–Crippen LogP) is -0.635. The average molecular weight is 116 g/mol. The van der Waals surface area contributed by atoms with Crippen molar-refractivity contribution >= 4 is 12.5 Å². The van der Waals surface area contributed by atoms with Crippen LogP contribution >= 0.6 is 0 Å². The molecule has 4 nitrogen and oxygen atoms in total. The van der Waals surface area contributed by atoms with Gasteiger partial charge in [-0.1, -0.05) is 0 Å². The Balaban J connectivity index is 3.53. The number of hydrogen-bond acceptors (Lipinski definition) is 3. The van der Waals surface area contributed by atoms with Gasteiger partial charge in [-0.25, -0.2) is 4.99 Å². The van der Waals surface area contributed by atoms with Crippen LogP contribution in [0.4, 0.5) is 0 Å². The molecule has 0 radical (unpaired) electrons. The summed E-state index contributed by atoms with van der Waals surface area (Å²) < 4.78 is 4.30. The molecule has 0 aliphatic carbocycles. The molecule has 0 aliphatic rings. The van der Waals surface area contributed by atoms with Gasteiger partial charge in [-0.05, 0) is 0 Å². The van der Waals surface area contributed by atoms with Crippen molar-refractivity contribution in [2.24, 2.45) is 4.99 Å². The molecule has 46 valence electrons. The van der Waals surface area contributed by atoms with Crippen molar-refractivity contribution < 1.29 is 9.53 Å². The van der Waals surface area contributed by atoms with Gasteiger partial charge in [0.2, 0.25) is 0 Å². The molecule has 0 aromatic rings. The van der Waals surface area contributed by atoms with E-state index < -0.39 is 0 Å². The van der Waals surface area contributed by atoms with Gasteiger partial charge in [0, 0.05) is 14.1 Å². The fourth-order valence-electron chi connectivity index (χ4n) is 0.269. The number of ether oxygens (including phenoxy) is 1. The fourth-order valence-corrected chi connectivity index (χ4v) is 0.269. The summed E-state index contributed by atoms with van der Waals surface area (Å²) in [6.45, 7) is 0.318. The Bertz CT molecular complexity index is 100. The number of hydrogen-bond donors (Lipinski definition) is 1. The highest BCUT2D eigenvalue weighted by atomic mass is 16.5. The van der Waals surface area contributed by atoms with Crippen LogP contribution in [0.2, 0.25) is 0 Å². The molecule has 0 fully saturated rings. The van der Waals surface area contributed by atoms with E-state index in [2.05, 4.69) is 15.0 Å². The molecular weight excluding hydrogens is 108 g/mol. The van der Waals surface area contributed by atoms with E-state index >= 15 is 0 Å². The van der Waals surface area contributed by atoms with Gasteiger partial charge >= 0.3 is 6.47 Å². The molecule has 8 heavy (non-hydrogen) atoms. The topological polar surface area (TPSA) is 50.7 Å². The van der Waals surface area contributed by atoms with Crippen LogP contribution in [-0.2, 0) is 9.53 Å². The minimum atomic E-state index is 0.222. The predicted molar refractivity (Wildman–Crippen MR) is 29.6 cm³/mol. The normalized spacial score (nSPS) is 10.5. The van der Waals surface area contributed by atoms with Crippen LogP contribution in [0.5, 0.6) is 0 Å². The van der Waals surface area contributed by atoms with Gasteiger partial charge in [-0.2, -0.15) is 0 Å². The van der Waals surface area contributed by atoms with Crippen molar-refractivity contribution in [1.29, 1.82) is 0 Å². The molecule has 0 aliphatic heterocycles. The number of amidine groups is 1. The van der Waals surface area contributed by atoms with Crippen LogP contribution in [0.3, 0.4) is 0 Å². The van der Waals surface area contributed by atoms with E-state index in [1.807, 2.05) is 0 Å². The zero-order chi connectivity index (χ0) is 6.41. The largest absolute Gasteiger partial charge is 0.395 e. The monoisotopic (exact) mass is 116 g/mol. The molecule has 0 bridgehead atoms. The lowest BCUT2D eigenvalue weighted by Crippen LogP contribution is -2.20. The third-order valence-electron chi connectivity index (χ3n) is 0.577. The number of carbonyl (C=O) groups excluding carboxylic acids is 1. The van der Waals surface area contributed by atoms with Crippen molar-refractivity contribution in [2.45, 2.75) is 0 Å². The van der Waals surface area contributed by atoms with E-state index in [-0.39, 0.29) is 6.02 Å². The van der Waals surface area contributed by atoms with E-state index in [0.717, 1.165) is 0 Å². The van der Waals surface area contributed by atoms with Crippen molar-refractivity contribution in [3.8, 4) is 0 Å². The van der Waals surface area contributed by atoms with Gasteiger partial charge in [0.25, 0.3) is 6.02 Å². The number of nitrogens with one attached hydrogen (secondary N) is 1. The SMILES string of the molecule is C/N=C(/NC)OC=O. The second-order valence-electron chi connectivity index (χ2n) is 0.993. The summed E-state index contributed by atoms with van der Waals surface area (Å²) in [5.41, 5.74) is 0. The smallest absolute Gasteiger partial charge is 0.300 e. The number of aliphatic imine (C=N–C) groups is 1. The van der Waals surface area contributed by atoms with E-state index in [9.17, 15) is 4.79 Å². The Hall–Kier alpha value is -1.06. The van der Waals surface area contributed by atoms with Crippen molar-refractivity contribution in [3.63, 3.8) is 0 Å². The Kier molecular flexibility index (Phi) is 3.56. The molecule has 0 spiro atoms. The first-order valence-corrected chi connectivity index (χ1v) is 2.10. The zero-order valence-electron chi connectivity index (χ0n) is 4.84. The maximum atomic E-state index is 9.59. The molecule has 0 saturated carbocycles. The van der Waals surface area contributed by atoms with Gasteiger partial charge in [-0.15, -0.1) is 0 Å². The Morgan fingerprint density at radius 1 is 1.88 bits per heavy atom. The second-order valence-corrected chi connectivity index (χ2v) is 0.993. The lowest BCUT2D eigenvalue weighted by molar-refractivity contribution is -0.121. The van der Waals surface area contributed by atoms with E-state index in [0.29, 0.717) is 6.47 Å². The second kappa shape index (κ2) is 4.11. The van der Waals surface area contributed by atoms with Crippen molar-refractivity contribution in [2.75, 3.05) is 14.1 Å². The minimum Gasteiger partial charge on any atom is -0.395 e. The summed E-state index contributed by atoms with van der Waals surface area (Å²) >= 11 is 0. The van der Waals surface area contributed by atoms with Gasteiger partial charge in [0.15, 0.2) is 0 Å². The van der Waals surface area contributed by atoms with E-state index in [1.165, 1.54) is 7.05 Å². The molecule has 0 atom stereocenters. The molecular formula is C4H8N2O2. The fraction of sp³-hybridized carbons (Fsp3) is 0.500. The highest BCUT2D eigenvalue weighted by Gasteiger charge is 1.87. The Morgan fingerprint density at radius 2 is 2.50 bits per heavy atom. The van der Waals surface area contributed by atoms with Gasteiger partial charge in [0.05, 0.1) is 0 Å². The van der Waals surface area contributed by atoms with Crippen LogP contribution in [0.15, 0.2) is 4.99 Å². The molecule has 4 heteroatoms. The molecule has 0 aromatic carbocycles. The number of rotatable bonds is 1. The Labute approximate surface area is 47.6 Å². The molecule has 0 saturated heterocycles. The quantitative estimate of drug-likeness (QED) is 0.282. The van der Waals surface area contributed by atoms with Gasteiger partial charge in [-0.3, -0.25) is 4.79 Å². The summed E-state index contributed by atoms with van der Waals surface area (Å²) in [5, 5.41) is 2.55. The average Bonchev–Trinajstić information content (AvgIpc) is 1.83. The first-order chi connectivity index (χ1) is 3.85. The molecule has 0 unspecified atom stereocenters. The summed E-state index contributed by atoms with van der Waals surface area (Å²) in [7, 11) is 3.14. The van der Waals surface area contributed by atoms with Gasteiger partial charge in [0.1, 0.15) is 0 Å². The van der Waals surface area contributed by atoms with Crippen LogP contribution in [-0.4, -0.2) is 26.6 Å². The molecule has 0 rings (SSSR count). The number of nitrogens with zero attached hydrogens (tertiary/aromatic N) is 1. The van der Waals surface area contributed by atoms with Crippen LogP contribution in [0.25, 0.3) is 0 Å². The molecule has 1 N–H and O–H groups in total. The maximum Gasteiger partial charge on any atom is 0.300 e. The van der Waals surface area contributed by atoms with Crippen LogP contribution in [0.1, 0.15) is 0 Å². The standard InChI is InChI=1S/C4H8N2O2/c1-5-4(6-2)8-3-7/h3H,1-2H3,(H,5,6). The van der Waals surface area contributed by atoms with Crippen molar-refractivity contribution in [1.82, 2.24) is 5.32 Å². The van der Waals surface area contributed by atoms with Crippen LogP contribution in [0, 0.1) is 0 Å². The first kappa shape index (κ1) is 6.94. The maximum absolute atomic E-state index is 9.59. The highest BCUT2D eigenvalue weighted by Crippen LogP contribution is 1.67. The zero-order valence-corrected chi connectivity index (χ0v) is 4.84. The lowest BCUT2D eigenvalue weighted by atomic mass is 11.0. The first-order valence-electron chi connectivity index (χ1n) is 2.10.